The van der Waals surface area contributed by atoms with Crippen LogP contribution in [0.3, 0.4) is 0 Å². The summed E-state index contributed by atoms with van der Waals surface area (Å²) in [4.78, 5) is 12.1. The van der Waals surface area contributed by atoms with Gasteiger partial charge in [0.05, 0.1) is 12.3 Å². The summed E-state index contributed by atoms with van der Waals surface area (Å²) in [5, 5.41) is 7.34. The predicted molar refractivity (Wildman–Crippen MR) is 75.9 cm³/mol. The number of benzene rings is 1. The van der Waals surface area contributed by atoms with Gasteiger partial charge in [-0.05, 0) is 18.6 Å². The van der Waals surface area contributed by atoms with Gasteiger partial charge in [0, 0.05) is 19.8 Å². The minimum atomic E-state index is -0.467. The van der Waals surface area contributed by atoms with E-state index in [0.717, 1.165) is 11.3 Å². The Labute approximate surface area is 118 Å². The first-order valence-corrected chi connectivity index (χ1v) is 6.64. The highest BCUT2D eigenvalue weighted by atomic mass is 16.5. The maximum Gasteiger partial charge on any atom is 0.327 e. The molecule has 5 heteroatoms. The molecule has 0 saturated heterocycles. The minimum absolute atomic E-state index is 0.263. The third-order valence-electron chi connectivity index (χ3n) is 3.06. The first kappa shape index (κ1) is 14.3. The van der Waals surface area contributed by atoms with Crippen molar-refractivity contribution in [2.45, 2.75) is 19.5 Å². The van der Waals surface area contributed by atoms with Gasteiger partial charge in [0.15, 0.2) is 0 Å². The number of rotatable bonds is 6. The molecule has 0 aliphatic carbocycles. The largest absolute Gasteiger partial charge is 0.465 e. The summed E-state index contributed by atoms with van der Waals surface area (Å²) in [5.74, 6) is -0.263. The predicted octanol–water partition coefficient (Wildman–Crippen LogP) is 1.81. The standard InChI is InChI=1S/C15H19N3O2/c1-3-20-15(19)14(12-7-5-4-6-8-12)16-11-13-9-10-17-18(13)2/h4-10,14,16H,3,11H2,1-2H3. The minimum Gasteiger partial charge on any atom is -0.465 e. The van der Waals surface area contributed by atoms with Crippen molar-refractivity contribution in [2.24, 2.45) is 7.05 Å². The summed E-state index contributed by atoms with van der Waals surface area (Å²) in [6.45, 7) is 2.73. The number of hydrogen-bond donors (Lipinski definition) is 1. The summed E-state index contributed by atoms with van der Waals surface area (Å²) in [7, 11) is 1.87. The van der Waals surface area contributed by atoms with E-state index < -0.39 is 6.04 Å². The first-order valence-electron chi connectivity index (χ1n) is 6.64. The smallest absolute Gasteiger partial charge is 0.327 e. The highest BCUT2D eigenvalue weighted by Gasteiger charge is 2.21. The third-order valence-corrected chi connectivity index (χ3v) is 3.06. The molecule has 20 heavy (non-hydrogen) atoms. The van der Waals surface area contributed by atoms with Crippen molar-refractivity contribution in [3.63, 3.8) is 0 Å². The molecule has 0 fully saturated rings. The van der Waals surface area contributed by atoms with Crippen molar-refractivity contribution >= 4 is 5.97 Å². The molecule has 0 spiro atoms. The molecule has 106 valence electrons. The monoisotopic (exact) mass is 273 g/mol. The van der Waals surface area contributed by atoms with Crippen molar-refractivity contribution in [2.75, 3.05) is 6.61 Å². The number of aryl methyl sites for hydroxylation is 1. The summed E-state index contributed by atoms with van der Waals surface area (Å²) in [5.41, 5.74) is 1.91. The van der Waals surface area contributed by atoms with Crippen LogP contribution in [-0.2, 0) is 23.1 Å². The van der Waals surface area contributed by atoms with Crippen LogP contribution in [0.2, 0.25) is 0 Å². The normalized spacial score (nSPS) is 12.1. The number of aromatic nitrogens is 2. The Morgan fingerprint density at radius 3 is 2.70 bits per heavy atom. The van der Waals surface area contributed by atoms with Crippen LogP contribution < -0.4 is 5.32 Å². The molecule has 0 aliphatic rings. The Bertz CT molecular complexity index is 551. The Morgan fingerprint density at radius 2 is 2.10 bits per heavy atom. The second kappa shape index (κ2) is 6.86. The molecule has 0 amide bonds. The van der Waals surface area contributed by atoms with Gasteiger partial charge < -0.3 is 4.74 Å². The van der Waals surface area contributed by atoms with E-state index in [4.69, 9.17) is 4.74 Å². The highest BCUT2D eigenvalue weighted by Crippen LogP contribution is 2.15. The number of carbonyl (C=O) groups excluding carboxylic acids is 1. The van der Waals surface area contributed by atoms with Crippen LogP contribution in [0.1, 0.15) is 24.2 Å². The van der Waals surface area contributed by atoms with Crippen LogP contribution in [0.5, 0.6) is 0 Å². The van der Waals surface area contributed by atoms with Gasteiger partial charge in [-0.1, -0.05) is 30.3 Å². The number of esters is 1. The van der Waals surface area contributed by atoms with E-state index in [9.17, 15) is 4.79 Å². The van der Waals surface area contributed by atoms with Gasteiger partial charge in [-0.25, -0.2) is 4.79 Å². The zero-order valence-corrected chi connectivity index (χ0v) is 11.7. The van der Waals surface area contributed by atoms with E-state index in [1.54, 1.807) is 17.8 Å². The SMILES string of the molecule is CCOC(=O)C(NCc1ccnn1C)c1ccccc1. The summed E-state index contributed by atoms with van der Waals surface area (Å²) < 4.78 is 6.91. The van der Waals surface area contributed by atoms with Crippen molar-refractivity contribution < 1.29 is 9.53 Å². The van der Waals surface area contributed by atoms with Crippen molar-refractivity contribution in [1.29, 1.82) is 0 Å². The van der Waals surface area contributed by atoms with Gasteiger partial charge in [0.1, 0.15) is 6.04 Å². The molecule has 1 atom stereocenters. The topological polar surface area (TPSA) is 56.1 Å². The van der Waals surface area contributed by atoms with E-state index in [1.807, 2.05) is 43.4 Å². The summed E-state index contributed by atoms with van der Waals surface area (Å²) in [6.07, 6.45) is 1.74. The van der Waals surface area contributed by atoms with E-state index in [0.29, 0.717) is 13.2 Å². The molecule has 2 aromatic rings. The number of nitrogens with zero attached hydrogens (tertiary/aromatic N) is 2. The van der Waals surface area contributed by atoms with Gasteiger partial charge in [0.25, 0.3) is 0 Å². The summed E-state index contributed by atoms with van der Waals surface area (Å²) >= 11 is 0. The van der Waals surface area contributed by atoms with Gasteiger partial charge in [-0.2, -0.15) is 5.10 Å². The molecule has 1 aromatic carbocycles. The molecule has 0 aliphatic heterocycles. The Balaban J connectivity index is 2.11. The fraction of sp³-hybridized carbons (Fsp3) is 0.333. The number of hydrogen-bond acceptors (Lipinski definition) is 4. The molecule has 1 heterocycles. The van der Waals surface area contributed by atoms with Crippen LogP contribution in [0.25, 0.3) is 0 Å². The average Bonchev–Trinajstić information content (AvgIpc) is 2.86. The van der Waals surface area contributed by atoms with Gasteiger partial charge in [-0.15, -0.1) is 0 Å². The molecule has 1 N–H and O–H groups in total. The lowest BCUT2D eigenvalue weighted by molar-refractivity contribution is -0.145. The lowest BCUT2D eigenvalue weighted by atomic mass is 10.1. The fourth-order valence-corrected chi connectivity index (χ4v) is 1.99. The maximum atomic E-state index is 12.1. The molecular formula is C15H19N3O2. The van der Waals surface area contributed by atoms with Gasteiger partial charge >= 0.3 is 5.97 Å². The fourth-order valence-electron chi connectivity index (χ4n) is 1.99. The zero-order valence-electron chi connectivity index (χ0n) is 11.7. The second-order valence-corrected chi connectivity index (χ2v) is 4.42. The third kappa shape index (κ3) is 3.45. The molecule has 5 nitrogen and oxygen atoms in total. The van der Waals surface area contributed by atoms with E-state index >= 15 is 0 Å². The lowest BCUT2D eigenvalue weighted by Crippen LogP contribution is -2.30. The highest BCUT2D eigenvalue weighted by molar-refractivity contribution is 5.77. The van der Waals surface area contributed by atoms with E-state index in [2.05, 4.69) is 10.4 Å². The van der Waals surface area contributed by atoms with Crippen molar-refractivity contribution in [1.82, 2.24) is 15.1 Å². The van der Waals surface area contributed by atoms with Crippen molar-refractivity contribution in [3.05, 3.63) is 53.9 Å². The molecule has 0 bridgehead atoms. The number of carbonyl (C=O) groups is 1. The zero-order chi connectivity index (χ0) is 14.4. The molecule has 2 rings (SSSR count). The lowest BCUT2D eigenvalue weighted by Gasteiger charge is -2.17. The van der Waals surface area contributed by atoms with Crippen LogP contribution in [0.15, 0.2) is 42.6 Å². The molecular weight excluding hydrogens is 254 g/mol. The van der Waals surface area contributed by atoms with E-state index in [1.165, 1.54) is 0 Å². The van der Waals surface area contributed by atoms with Crippen LogP contribution in [-0.4, -0.2) is 22.4 Å². The number of ether oxygens (including phenoxy) is 1. The van der Waals surface area contributed by atoms with Crippen LogP contribution in [0, 0.1) is 0 Å². The summed E-state index contributed by atoms with van der Waals surface area (Å²) in [6, 6.07) is 11.0. The Morgan fingerprint density at radius 1 is 1.35 bits per heavy atom. The average molecular weight is 273 g/mol. The molecule has 1 unspecified atom stereocenters. The van der Waals surface area contributed by atoms with E-state index in [-0.39, 0.29) is 5.97 Å². The van der Waals surface area contributed by atoms with Crippen molar-refractivity contribution in [3.8, 4) is 0 Å². The van der Waals surface area contributed by atoms with Crippen LogP contribution in [0.4, 0.5) is 0 Å². The van der Waals surface area contributed by atoms with Gasteiger partial charge in [0.2, 0.25) is 0 Å². The maximum absolute atomic E-state index is 12.1. The van der Waals surface area contributed by atoms with Gasteiger partial charge in [-0.3, -0.25) is 10.00 Å². The molecule has 0 radical (unpaired) electrons. The first-order chi connectivity index (χ1) is 9.72. The quantitative estimate of drug-likeness (QED) is 0.816. The number of nitrogens with one attached hydrogen (secondary N) is 1. The molecule has 0 saturated carbocycles. The Kier molecular flexibility index (Phi) is 4.90. The Hall–Kier alpha value is -2.14. The molecule has 1 aromatic heterocycles. The second-order valence-electron chi connectivity index (χ2n) is 4.42. The van der Waals surface area contributed by atoms with Crippen LogP contribution >= 0.6 is 0 Å².